The summed E-state index contributed by atoms with van der Waals surface area (Å²) in [6.07, 6.45) is 0. The molecule has 2 rings (SSSR count). The normalized spacial score (nSPS) is 10.3. The van der Waals surface area contributed by atoms with Crippen molar-refractivity contribution in [1.82, 2.24) is 0 Å². The Kier molecular flexibility index (Phi) is 4.44. The standard InChI is InChI=1S/C14H11BrO2S/c15-11-5-3-4-10(8-11)9-18-13-7-2-1-6-12(13)14(16)17/h1-8H,9H2,(H,16,17). The van der Waals surface area contributed by atoms with Gasteiger partial charge in [-0.05, 0) is 29.8 Å². The Hall–Kier alpha value is -1.26. The number of benzene rings is 2. The number of aromatic carboxylic acids is 1. The van der Waals surface area contributed by atoms with Crippen molar-refractivity contribution in [3.8, 4) is 0 Å². The van der Waals surface area contributed by atoms with E-state index in [0.717, 1.165) is 20.7 Å². The number of halogens is 1. The molecule has 4 heteroatoms. The van der Waals surface area contributed by atoms with Gasteiger partial charge in [-0.15, -0.1) is 11.8 Å². The number of thioether (sulfide) groups is 1. The van der Waals surface area contributed by atoms with Crippen molar-refractivity contribution in [1.29, 1.82) is 0 Å². The second-order valence-electron chi connectivity index (χ2n) is 3.72. The number of rotatable bonds is 4. The summed E-state index contributed by atoms with van der Waals surface area (Å²) in [6, 6.07) is 15.1. The Bertz CT molecular complexity index is 569. The van der Waals surface area contributed by atoms with Gasteiger partial charge in [0.1, 0.15) is 0 Å². The summed E-state index contributed by atoms with van der Waals surface area (Å²) >= 11 is 4.96. The van der Waals surface area contributed by atoms with Crippen molar-refractivity contribution in [3.63, 3.8) is 0 Å². The average Bonchev–Trinajstić information content (AvgIpc) is 2.37. The van der Waals surface area contributed by atoms with Gasteiger partial charge >= 0.3 is 5.97 Å². The lowest BCUT2D eigenvalue weighted by Crippen LogP contribution is -1.98. The second-order valence-corrected chi connectivity index (χ2v) is 5.65. The number of carboxylic acid groups (broad SMARTS) is 1. The molecule has 0 aliphatic carbocycles. The highest BCUT2D eigenvalue weighted by Crippen LogP contribution is 2.27. The van der Waals surface area contributed by atoms with Crippen LogP contribution in [0.5, 0.6) is 0 Å². The van der Waals surface area contributed by atoms with Crippen LogP contribution < -0.4 is 0 Å². The van der Waals surface area contributed by atoms with Crippen LogP contribution in [0.1, 0.15) is 15.9 Å². The highest BCUT2D eigenvalue weighted by atomic mass is 79.9. The molecule has 0 heterocycles. The maximum absolute atomic E-state index is 11.1. The maximum Gasteiger partial charge on any atom is 0.336 e. The Labute approximate surface area is 118 Å². The van der Waals surface area contributed by atoms with E-state index in [2.05, 4.69) is 15.9 Å². The molecule has 0 radical (unpaired) electrons. The molecule has 92 valence electrons. The zero-order chi connectivity index (χ0) is 13.0. The Morgan fingerprint density at radius 2 is 1.94 bits per heavy atom. The van der Waals surface area contributed by atoms with E-state index in [9.17, 15) is 4.79 Å². The molecule has 0 aliphatic rings. The van der Waals surface area contributed by atoms with Gasteiger partial charge in [0.2, 0.25) is 0 Å². The van der Waals surface area contributed by atoms with Gasteiger partial charge in [-0.1, -0.05) is 40.2 Å². The van der Waals surface area contributed by atoms with Crippen LogP contribution in [-0.2, 0) is 5.75 Å². The third-order valence-corrected chi connectivity index (χ3v) is 4.04. The van der Waals surface area contributed by atoms with Gasteiger partial charge in [-0.2, -0.15) is 0 Å². The molecule has 0 atom stereocenters. The highest BCUT2D eigenvalue weighted by molar-refractivity contribution is 9.10. The fraction of sp³-hybridized carbons (Fsp3) is 0.0714. The first-order valence-corrected chi connectivity index (χ1v) is 7.14. The first-order valence-electron chi connectivity index (χ1n) is 5.36. The van der Waals surface area contributed by atoms with Gasteiger partial charge in [-0.3, -0.25) is 0 Å². The molecule has 2 nitrogen and oxygen atoms in total. The minimum atomic E-state index is -0.882. The van der Waals surface area contributed by atoms with Crippen molar-refractivity contribution in [3.05, 3.63) is 64.1 Å². The minimum absolute atomic E-state index is 0.359. The van der Waals surface area contributed by atoms with E-state index >= 15 is 0 Å². The van der Waals surface area contributed by atoms with Gasteiger partial charge in [-0.25, -0.2) is 4.79 Å². The van der Waals surface area contributed by atoms with Crippen LogP contribution in [-0.4, -0.2) is 11.1 Å². The first-order chi connectivity index (χ1) is 8.66. The van der Waals surface area contributed by atoms with Gasteiger partial charge in [0.25, 0.3) is 0 Å². The predicted octanol–water partition coefficient (Wildman–Crippen LogP) is 4.44. The fourth-order valence-electron chi connectivity index (χ4n) is 1.56. The van der Waals surface area contributed by atoms with Crippen molar-refractivity contribution < 1.29 is 9.90 Å². The third-order valence-electron chi connectivity index (χ3n) is 2.40. The molecular weight excluding hydrogens is 312 g/mol. The summed E-state index contributed by atoms with van der Waals surface area (Å²) in [5, 5.41) is 9.09. The summed E-state index contributed by atoms with van der Waals surface area (Å²) in [5.41, 5.74) is 1.52. The van der Waals surface area contributed by atoms with Crippen LogP contribution in [0.25, 0.3) is 0 Å². The molecule has 1 N–H and O–H groups in total. The molecule has 0 saturated carbocycles. The van der Waals surface area contributed by atoms with Crippen LogP contribution in [0, 0.1) is 0 Å². The lowest BCUT2D eigenvalue weighted by atomic mass is 10.2. The van der Waals surface area contributed by atoms with E-state index < -0.39 is 5.97 Å². The first kappa shape index (κ1) is 13.2. The third kappa shape index (κ3) is 3.37. The number of carbonyl (C=O) groups is 1. The summed E-state index contributed by atoms with van der Waals surface area (Å²) in [6.45, 7) is 0. The quantitative estimate of drug-likeness (QED) is 0.845. The highest BCUT2D eigenvalue weighted by Gasteiger charge is 2.09. The predicted molar refractivity (Wildman–Crippen MR) is 77.1 cm³/mol. The zero-order valence-electron chi connectivity index (χ0n) is 9.47. The monoisotopic (exact) mass is 322 g/mol. The minimum Gasteiger partial charge on any atom is -0.478 e. The molecular formula is C14H11BrO2S. The topological polar surface area (TPSA) is 37.3 Å². The van der Waals surface area contributed by atoms with Crippen molar-refractivity contribution >= 4 is 33.7 Å². The molecule has 0 spiro atoms. The summed E-state index contributed by atoms with van der Waals surface area (Å²) in [7, 11) is 0. The van der Waals surface area contributed by atoms with E-state index in [1.807, 2.05) is 36.4 Å². The van der Waals surface area contributed by atoms with Gasteiger partial charge in [0.05, 0.1) is 5.56 Å². The number of hydrogen-bond donors (Lipinski definition) is 1. The van der Waals surface area contributed by atoms with Crippen LogP contribution >= 0.6 is 27.7 Å². The van der Waals surface area contributed by atoms with Crippen molar-refractivity contribution in [2.75, 3.05) is 0 Å². The summed E-state index contributed by atoms with van der Waals surface area (Å²) in [4.78, 5) is 11.9. The molecule has 2 aromatic carbocycles. The molecule has 0 fully saturated rings. The smallest absolute Gasteiger partial charge is 0.336 e. The van der Waals surface area contributed by atoms with Crippen molar-refractivity contribution in [2.45, 2.75) is 10.6 Å². The van der Waals surface area contributed by atoms with Crippen LogP contribution in [0.3, 0.4) is 0 Å². The maximum atomic E-state index is 11.1. The lowest BCUT2D eigenvalue weighted by Gasteiger charge is -2.05. The van der Waals surface area contributed by atoms with Crippen LogP contribution in [0.4, 0.5) is 0 Å². The van der Waals surface area contributed by atoms with Crippen LogP contribution in [0.15, 0.2) is 57.9 Å². The molecule has 2 aromatic rings. The van der Waals surface area contributed by atoms with E-state index in [0.29, 0.717) is 5.56 Å². The molecule has 0 aromatic heterocycles. The van der Waals surface area contributed by atoms with Crippen LogP contribution in [0.2, 0.25) is 0 Å². The van der Waals surface area contributed by atoms with Crippen molar-refractivity contribution in [2.24, 2.45) is 0 Å². The molecule has 0 aliphatic heterocycles. The number of carboxylic acids is 1. The van der Waals surface area contributed by atoms with E-state index in [1.165, 1.54) is 11.8 Å². The van der Waals surface area contributed by atoms with Gasteiger partial charge in [0, 0.05) is 15.1 Å². The summed E-state index contributed by atoms with van der Waals surface area (Å²) < 4.78 is 1.03. The largest absolute Gasteiger partial charge is 0.478 e. The average molecular weight is 323 g/mol. The zero-order valence-corrected chi connectivity index (χ0v) is 11.9. The van der Waals surface area contributed by atoms with E-state index in [-0.39, 0.29) is 0 Å². The molecule has 0 bridgehead atoms. The summed E-state index contributed by atoms with van der Waals surface area (Å²) in [5.74, 6) is -0.128. The fourth-order valence-corrected chi connectivity index (χ4v) is 2.99. The Morgan fingerprint density at radius 3 is 2.67 bits per heavy atom. The Balaban J connectivity index is 2.13. The number of hydrogen-bond acceptors (Lipinski definition) is 2. The van der Waals surface area contributed by atoms with Gasteiger partial charge in [0.15, 0.2) is 0 Å². The molecule has 0 saturated heterocycles. The lowest BCUT2D eigenvalue weighted by molar-refractivity contribution is 0.0693. The van der Waals surface area contributed by atoms with E-state index in [1.54, 1.807) is 12.1 Å². The molecule has 0 unspecified atom stereocenters. The molecule has 0 amide bonds. The SMILES string of the molecule is O=C(O)c1ccccc1SCc1cccc(Br)c1. The second kappa shape index (κ2) is 6.07. The Morgan fingerprint density at radius 1 is 1.17 bits per heavy atom. The van der Waals surface area contributed by atoms with E-state index in [4.69, 9.17) is 5.11 Å². The molecule has 18 heavy (non-hydrogen) atoms. The van der Waals surface area contributed by atoms with Gasteiger partial charge < -0.3 is 5.11 Å².